The summed E-state index contributed by atoms with van der Waals surface area (Å²) in [5.41, 5.74) is 7.67. The molecule has 5 aromatic rings. The Labute approximate surface area is 219 Å². The van der Waals surface area contributed by atoms with Gasteiger partial charge in [0.05, 0.1) is 6.04 Å². The molecule has 2 heterocycles. The lowest BCUT2D eigenvalue weighted by molar-refractivity contribution is -0.124. The van der Waals surface area contributed by atoms with Crippen molar-refractivity contribution >= 4 is 39.8 Å². The minimum absolute atomic E-state index is 0.0883. The summed E-state index contributed by atoms with van der Waals surface area (Å²) < 4.78 is 5.98. The lowest BCUT2D eigenvalue weighted by Gasteiger charge is -2.29. The van der Waals surface area contributed by atoms with Gasteiger partial charge in [0.1, 0.15) is 5.58 Å². The zero-order valence-corrected chi connectivity index (χ0v) is 20.7. The van der Waals surface area contributed by atoms with E-state index in [-0.39, 0.29) is 11.9 Å². The number of aromatic amines is 1. The van der Waals surface area contributed by atoms with E-state index in [0.29, 0.717) is 24.3 Å². The van der Waals surface area contributed by atoms with Crippen molar-refractivity contribution in [3.63, 3.8) is 0 Å². The molecule has 0 saturated carbocycles. The van der Waals surface area contributed by atoms with Crippen LogP contribution in [0, 0.1) is 0 Å². The van der Waals surface area contributed by atoms with Crippen LogP contribution in [0.15, 0.2) is 89.5 Å². The first-order chi connectivity index (χ1) is 18.6. The van der Waals surface area contributed by atoms with Crippen LogP contribution in [-0.4, -0.2) is 33.5 Å². The molecule has 0 bridgehead atoms. The van der Waals surface area contributed by atoms with Gasteiger partial charge in [0, 0.05) is 35.1 Å². The van der Waals surface area contributed by atoms with E-state index in [4.69, 9.17) is 9.62 Å². The van der Waals surface area contributed by atoms with E-state index < -0.39 is 5.91 Å². The van der Waals surface area contributed by atoms with Crippen molar-refractivity contribution in [1.82, 2.24) is 15.4 Å². The van der Waals surface area contributed by atoms with E-state index >= 15 is 0 Å². The average Bonchev–Trinajstić information content (AvgIpc) is 3.68. The van der Waals surface area contributed by atoms with E-state index in [2.05, 4.69) is 17.1 Å². The zero-order valence-electron chi connectivity index (χ0n) is 20.7. The normalized spacial score (nSPS) is 14.8. The van der Waals surface area contributed by atoms with Gasteiger partial charge >= 0.3 is 0 Å². The van der Waals surface area contributed by atoms with Crippen molar-refractivity contribution in [2.24, 2.45) is 0 Å². The second-order valence-corrected chi connectivity index (χ2v) is 9.58. The minimum Gasteiger partial charge on any atom is -0.451 e. The highest BCUT2D eigenvalue weighted by Gasteiger charge is 2.33. The highest BCUT2D eigenvalue weighted by molar-refractivity contribution is 5.96. The number of aryl methyl sites for hydroxylation is 1. The number of rotatable bonds is 7. The molecule has 1 aliphatic rings. The fraction of sp³-hybridized carbons (Fsp3) is 0.161. The molecule has 2 aromatic heterocycles. The van der Waals surface area contributed by atoms with Gasteiger partial charge in [-0.1, -0.05) is 54.6 Å². The number of hydrogen-bond acceptors (Lipinski definition) is 4. The van der Waals surface area contributed by atoms with Crippen LogP contribution < -0.4 is 5.48 Å². The number of carbonyl (C=O) groups excluding carboxylic acids is 2. The first kappa shape index (κ1) is 23.8. The number of hydrogen-bond donors (Lipinski definition) is 3. The summed E-state index contributed by atoms with van der Waals surface area (Å²) in [5, 5.41) is 10.8. The quantitative estimate of drug-likeness (QED) is 0.148. The third kappa shape index (κ3) is 4.48. The summed E-state index contributed by atoms with van der Waals surface area (Å²) in [6.07, 6.45) is 7.31. The van der Waals surface area contributed by atoms with E-state index in [1.165, 1.54) is 17.0 Å². The maximum absolute atomic E-state index is 14.0. The van der Waals surface area contributed by atoms with Gasteiger partial charge in [0.2, 0.25) is 0 Å². The Morgan fingerprint density at radius 3 is 2.79 bits per heavy atom. The van der Waals surface area contributed by atoms with E-state index in [1.54, 1.807) is 11.6 Å². The largest absolute Gasteiger partial charge is 0.451 e. The topological polar surface area (TPSA) is 98.6 Å². The number of amides is 2. The SMILES string of the molecule is O=C(C=Cc1ccc2c(c1)CCC2N(CCc1c[nH]c2ccccc12)C(=O)c1cc2ccccc2o1)NO. The van der Waals surface area contributed by atoms with Crippen molar-refractivity contribution in [3.8, 4) is 0 Å². The highest BCUT2D eigenvalue weighted by Crippen LogP contribution is 2.38. The molecule has 190 valence electrons. The van der Waals surface area contributed by atoms with Gasteiger partial charge < -0.3 is 14.3 Å². The third-order valence-corrected chi connectivity index (χ3v) is 7.32. The van der Waals surface area contributed by atoms with Crippen LogP contribution in [-0.2, 0) is 17.6 Å². The fourth-order valence-electron chi connectivity index (χ4n) is 5.46. The molecule has 0 saturated heterocycles. The van der Waals surface area contributed by atoms with Crippen LogP contribution in [0.1, 0.15) is 45.3 Å². The molecule has 38 heavy (non-hydrogen) atoms. The van der Waals surface area contributed by atoms with E-state index in [9.17, 15) is 9.59 Å². The molecule has 2 amide bonds. The molecule has 0 radical (unpaired) electrons. The monoisotopic (exact) mass is 505 g/mol. The van der Waals surface area contributed by atoms with Gasteiger partial charge in [-0.2, -0.15) is 0 Å². The second kappa shape index (κ2) is 10.0. The fourth-order valence-corrected chi connectivity index (χ4v) is 5.46. The number of hydroxylamine groups is 1. The molecular weight excluding hydrogens is 478 g/mol. The highest BCUT2D eigenvalue weighted by atomic mass is 16.5. The summed E-state index contributed by atoms with van der Waals surface area (Å²) >= 11 is 0. The van der Waals surface area contributed by atoms with E-state index in [0.717, 1.165) is 40.4 Å². The average molecular weight is 506 g/mol. The number of furan rings is 1. The molecular formula is C31H27N3O4. The number of benzene rings is 3. The molecule has 7 nitrogen and oxygen atoms in total. The number of carbonyl (C=O) groups is 2. The Bertz CT molecular complexity index is 1650. The summed E-state index contributed by atoms with van der Waals surface area (Å²) in [4.78, 5) is 30.6. The Morgan fingerprint density at radius 2 is 1.92 bits per heavy atom. The summed E-state index contributed by atoms with van der Waals surface area (Å²) in [5.74, 6) is -0.362. The predicted octanol–water partition coefficient (Wildman–Crippen LogP) is 5.81. The maximum Gasteiger partial charge on any atom is 0.290 e. The van der Waals surface area contributed by atoms with E-state index in [1.807, 2.05) is 71.8 Å². The third-order valence-electron chi connectivity index (χ3n) is 7.32. The van der Waals surface area contributed by atoms with Gasteiger partial charge in [0.15, 0.2) is 5.76 Å². The number of nitrogens with one attached hydrogen (secondary N) is 2. The number of fused-ring (bicyclic) bond motifs is 3. The van der Waals surface area contributed by atoms with Crippen molar-refractivity contribution in [3.05, 3.63) is 113 Å². The minimum atomic E-state index is -0.580. The van der Waals surface area contributed by atoms with Gasteiger partial charge in [-0.15, -0.1) is 0 Å². The number of aromatic nitrogens is 1. The molecule has 7 heteroatoms. The van der Waals surface area contributed by atoms with Crippen molar-refractivity contribution in [1.29, 1.82) is 0 Å². The number of nitrogens with zero attached hydrogens (tertiary/aromatic N) is 1. The van der Waals surface area contributed by atoms with Gasteiger partial charge in [-0.05, 0) is 65.8 Å². The van der Waals surface area contributed by atoms with Crippen LogP contribution in [0.4, 0.5) is 0 Å². The van der Waals surface area contributed by atoms with Crippen LogP contribution in [0.3, 0.4) is 0 Å². The molecule has 6 rings (SSSR count). The van der Waals surface area contributed by atoms with Crippen LogP contribution >= 0.6 is 0 Å². The summed E-state index contributed by atoms with van der Waals surface area (Å²) in [7, 11) is 0. The lowest BCUT2D eigenvalue weighted by atomic mass is 10.0. The second-order valence-electron chi connectivity index (χ2n) is 9.58. The molecule has 0 aliphatic heterocycles. The zero-order chi connectivity index (χ0) is 26.1. The smallest absolute Gasteiger partial charge is 0.290 e. The Balaban J connectivity index is 1.32. The van der Waals surface area contributed by atoms with Crippen LogP contribution in [0.25, 0.3) is 27.9 Å². The molecule has 1 aliphatic carbocycles. The van der Waals surface area contributed by atoms with Gasteiger partial charge in [0.25, 0.3) is 11.8 Å². The van der Waals surface area contributed by atoms with Crippen LogP contribution in [0.2, 0.25) is 0 Å². The van der Waals surface area contributed by atoms with Crippen molar-refractivity contribution in [2.45, 2.75) is 25.3 Å². The molecule has 0 fully saturated rings. The van der Waals surface area contributed by atoms with Crippen LogP contribution in [0.5, 0.6) is 0 Å². The molecule has 1 atom stereocenters. The Hall–Kier alpha value is -4.62. The molecule has 0 spiro atoms. The number of H-pyrrole nitrogens is 1. The first-order valence-electron chi connectivity index (χ1n) is 12.7. The Kier molecular flexibility index (Phi) is 6.27. The first-order valence-corrected chi connectivity index (χ1v) is 12.7. The van der Waals surface area contributed by atoms with Crippen molar-refractivity contribution in [2.75, 3.05) is 6.54 Å². The predicted molar refractivity (Wildman–Crippen MR) is 146 cm³/mol. The molecule has 3 aromatic carbocycles. The molecule has 1 unspecified atom stereocenters. The molecule has 3 N–H and O–H groups in total. The summed E-state index contributed by atoms with van der Waals surface area (Å²) in [6, 6.07) is 23.6. The summed E-state index contributed by atoms with van der Waals surface area (Å²) in [6.45, 7) is 0.542. The lowest BCUT2D eigenvalue weighted by Crippen LogP contribution is -2.35. The van der Waals surface area contributed by atoms with Gasteiger partial charge in [-0.25, -0.2) is 5.48 Å². The number of para-hydroxylation sites is 2. The van der Waals surface area contributed by atoms with Gasteiger partial charge in [-0.3, -0.25) is 14.8 Å². The standard InChI is InChI=1S/C31H27N3O4/c35-30(33-37)14-10-20-9-12-25-21(17-20)11-13-27(25)34(16-15-23-19-32-26-7-3-2-6-24(23)26)31(36)29-18-22-5-1-4-8-28(22)38-29/h1-10,12,14,17-19,27,32,37H,11,13,15-16H2,(H,33,35). The van der Waals surface area contributed by atoms with Crippen molar-refractivity contribution < 1.29 is 19.2 Å². The Morgan fingerprint density at radius 1 is 1.08 bits per heavy atom. The maximum atomic E-state index is 14.0.